The summed E-state index contributed by atoms with van der Waals surface area (Å²) in [6.07, 6.45) is 0.294. The number of hydrogen-bond donors (Lipinski definition) is 0. The molecular weight excluding hydrogens is 176 g/mol. The largest absolute Gasteiger partial charge is 0.377 e. The first kappa shape index (κ1) is 13.4. The van der Waals surface area contributed by atoms with Gasteiger partial charge in [-0.2, -0.15) is 5.26 Å². The fraction of sp³-hybridized carbons (Fsp3) is 0.909. The zero-order valence-electron chi connectivity index (χ0n) is 9.79. The number of hydrogen-bond acceptors (Lipinski definition) is 3. The van der Waals surface area contributed by atoms with Crippen LogP contribution in [0.3, 0.4) is 0 Å². The Labute approximate surface area is 87.7 Å². The van der Waals surface area contributed by atoms with Crippen molar-refractivity contribution in [3.63, 3.8) is 0 Å². The molecule has 82 valence electrons. The minimum atomic E-state index is 0.106. The highest BCUT2D eigenvalue weighted by Crippen LogP contribution is 1.98. The average molecular weight is 198 g/mol. The second-order valence-electron chi connectivity index (χ2n) is 3.84. The van der Waals surface area contributed by atoms with Crippen molar-refractivity contribution in [2.45, 2.75) is 33.8 Å². The molecule has 0 bridgehead atoms. The van der Waals surface area contributed by atoms with Gasteiger partial charge in [0.05, 0.1) is 24.7 Å². The van der Waals surface area contributed by atoms with Crippen LogP contribution in [0.2, 0.25) is 0 Å². The molecule has 0 spiro atoms. The highest BCUT2D eigenvalue weighted by Gasteiger charge is 2.07. The molecule has 0 N–H and O–H groups in total. The van der Waals surface area contributed by atoms with E-state index in [4.69, 9.17) is 10.00 Å². The van der Waals surface area contributed by atoms with Gasteiger partial charge in [0.25, 0.3) is 0 Å². The number of ether oxygens (including phenoxy) is 1. The third-order valence-corrected chi connectivity index (χ3v) is 2.06. The molecule has 0 amide bonds. The molecule has 0 rings (SSSR count). The van der Waals surface area contributed by atoms with E-state index < -0.39 is 0 Å². The molecule has 14 heavy (non-hydrogen) atoms. The first-order chi connectivity index (χ1) is 6.60. The van der Waals surface area contributed by atoms with E-state index in [1.54, 1.807) is 0 Å². The third kappa shape index (κ3) is 6.88. The number of nitrogens with zero attached hydrogens (tertiary/aromatic N) is 2. The van der Waals surface area contributed by atoms with Gasteiger partial charge in [-0.15, -0.1) is 0 Å². The highest BCUT2D eigenvalue weighted by molar-refractivity contribution is 4.81. The van der Waals surface area contributed by atoms with Crippen LogP contribution in [0.15, 0.2) is 0 Å². The minimum Gasteiger partial charge on any atom is -0.377 e. The quantitative estimate of drug-likeness (QED) is 0.627. The van der Waals surface area contributed by atoms with Gasteiger partial charge in [0.1, 0.15) is 0 Å². The molecular formula is C11H22N2O. The average Bonchev–Trinajstić information content (AvgIpc) is 2.15. The molecule has 3 heteroatoms. The van der Waals surface area contributed by atoms with E-state index in [0.29, 0.717) is 6.10 Å². The standard InChI is InChI=1S/C11H22N2O/c1-5-13(9-11(4)8-12)6-7-14-10(2)3/h10-11H,5-7,9H2,1-4H3. The van der Waals surface area contributed by atoms with E-state index in [0.717, 1.165) is 26.2 Å². The summed E-state index contributed by atoms with van der Waals surface area (Å²) in [4.78, 5) is 2.25. The van der Waals surface area contributed by atoms with Gasteiger partial charge in [0.2, 0.25) is 0 Å². The normalized spacial score (nSPS) is 13.2. The van der Waals surface area contributed by atoms with E-state index in [9.17, 15) is 0 Å². The van der Waals surface area contributed by atoms with Crippen LogP contribution in [0, 0.1) is 17.2 Å². The molecule has 0 aliphatic rings. The molecule has 1 unspecified atom stereocenters. The Bertz CT molecular complexity index is 175. The van der Waals surface area contributed by atoms with E-state index in [2.05, 4.69) is 17.9 Å². The van der Waals surface area contributed by atoms with Crippen molar-refractivity contribution < 1.29 is 4.74 Å². The molecule has 0 heterocycles. The van der Waals surface area contributed by atoms with Crippen LogP contribution in [0.4, 0.5) is 0 Å². The summed E-state index contributed by atoms with van der Waals surface area (Å²) in [7, 11) is 0. The summed E-state index contributed by atoms with van der Waals surface area (Å²) in [5, 5.41) is 8.68. The summed E-state index contributed by atoms with van der Waals surface area (Å²) in [5.41, 5.74) is 0. The molecule has 0 aromatic heterocycles. The van der Waals surface area contributed by atoms with Gasteiger partial charge in [-0.05, 0) is 27.3 Å². The summed E-state index contributed by atoms with van der Waals surface area (Å²) < 4.78 is 5.46. The van der Waals surface area contributed by atoms with Crippen LogP contribution in [0.1, 0.15) is 27.7 Å². The molecule has 0 aliphatic heterocycles. The topological polar surface area (TPSA) is 36.3 Å². The predicted molar refractivity (Wildman–Crippen MR) is 58.0 cm³/mol. The van der Waals surface area contributed by atoms with Gasteiger partial charge in [-0.3, -0.25) is 0 Å². The molecule has 0 aromatic carbocycles. The van der Waals surface area contributed by atoms with Crippen LogP contribution in [-0.2, 0) is 4.74 Å². The van der Waals surface area contributed by atoms with Gasteiger partial charge >= 0.3 is 0 Å². The Hall–Kier alpha value is -0.590. The lowest BCUT2D eigenvalue weighted by atomic mass is 10.2. The van der Waals surface area contributed by atoms with Crippen LogP contribution >= 0.6 is 0 Å². The van der Waals surface area contributed by atoms with Gasteiger partial charge in [0, 0.05) is 13.1 Å². The van der Waals surface area contributed by atoms with Crippen molar-refractivity contribution in [2.75, 3.05) is 26.2 Å². The minimum absolute atomic E-state index is 0.106. The van der Waals surface area contributed by atoms with Crippen molar-refractivity contribution in [1.29, 1.82) is 5.26 Å². The first-order valence-corrected chi connectivity index (χ1v) is 5.33. The lowest BCUT2D eigenvalue weighted by molar-refractivity contribution is 0.0586. The first-order valence-electron chi connectivity index (χ1n) is 5.33. The SMILES string of the molecule is CCN(CCOC(C)C)CC(C)C#N. The van der Waals surface area contributed by atoms with Gasteiger partial charge < -0.3 is 9.64 Å². The lowest BCUT2D eigenvalue weighted by Gasteiger charge is -2.21. The van der Waals surface area contributed by atoms with E-state index in [1.807, 2.05) is 20.8 Å². The molecule has 0 radical (unpaired) electrons. The van der Waals surface area contributed by atoms with E-state index in [-0.39, 0.29) is 5.92 Å². The Morgan fingerprint density at radius 2 is 2.00 bits per heavy atom. The fourth-order valence-corrected chi connectivity index (χ4v) is 1.22. The van der Waals surface area contributed by atoms with Crippen molar-refractivity contribution in [1.82, 2.24) is 4.90 Å². The Balaban J connectivity index is 3.64. The number of likely N-dealkylation sites (N-methyl/N-ethyl adjacent to an activating group) is 1. The summed E-state index contributed by atoms with van der Waals surface area (Å²) >= 11 is 0. The molecule has 0 saturated heterocycles. The Kier molecular flexibility index (Phi) is 7.45. The predicted octanol–water partition coefficient (Wildman–Crippen LogP) is 1.89. The van der Waals surface area contributed by atoms with Crippen molar-refractivity contribution in [2.24, 2.45) is 5.92 Å². The molecule has 1 atom stereocenters. The molecule has 0 fully saturated rings. The Morgan fingerprint density at radius 3 is 2.43 bits per heavy atom. The Morgan fingerprint density at radius 1 is 1.36 bits per heavy atom. The highest BCUT2D eigenvalue weighted by atomic mass is 16.5. The maximum Gasteiger partial charge on any atom is 0.0666 e. The maximum absolute atomic E-state index is 8.68. The number of nitriles is 1. The third-order valence-electron chi connectivity index (χ3n) is 2.06. The van der Waals surface area contributed by atoms with Crippen molar-refractivity contribution >= 4 is 0 Å². The van der Waals surface area contributed by atoms with Crippen LogP contribution in [0.5, 0.6) is 0 Å². The molecule has 0 aliphatic carbocycles. The van der Waals surface area contributed by atoms with Crippen molar-refractivity contribution in [3.05, 3.63) is 0 Å². The zero-order chi connectivity index (χ0) is 11.0. The molecule has 0 saturated carbocycles. The van der Waals surface area contributed by atoms with Crippen LogP contribution < -0.4 is 0 Å². The molecule has 3 nitrogen and oxygen atoms in total. The number of rotatable bonds is 7. The van der Waals surface area contributed by atoms with E-state index >= 15 is 0 Å². The molecule has 0 aromatic rings. The zero-order valence-corrected chi connectivity index (χ0v) is 9.79. The van der Waals surface area contributed by atoms with Gasteiger partial charge in [-0.25, -0.2) is 0 Å². The van der Waals surface area contributed by atoms with Gasteiger partial charge in [0.15, 0.2) is 0 Å². The van der Waals surface area contributed by atoms with Crippen LogP contribution in [-0.4, -0.2) is 37.2 Å². The van der Waals surface area contributed by atoms with Gasteiger partial charge in [-0.1, -0.05) is 6.92 Å². The second-order valence-corrected chi connectivity index (χ2v) is 3.84. The fourth-order valence-electron chi connectivity index (χ4n) is 1.22. The maximum atomic E-state index is 8.68. The monoisotopic (exact) mass is 198 g/mol. The second kappa shape index (κ2) is 7.78. The smallest absolute Gasteiger partial charge is 0.0666 e. The van der Waals surface area contributed by atoms with Crippen molar-refractivity contribution in [3.8, 4) is 6.07 Å². The lowest BCUT2D eigenvalue weighted by Crippen LogP contribution is -2.31. The summed E-state index contributed by atoms with van der Waals surface area (Å²) in [5.74, 6) is 0.106. The van der Waals surface area contributed by atoms with E-state index in [1.165, 1.54) is 0 Å². The van der Waals surface area contributed by atoms with Crippen LogP contribution in [0.25, 0.3) is 0 Å². The summed E-state index contributed by atoms with van der Waals surface area (Å²) in [6.45, 7) is 11.6. The summed E-state index contributed by atoms with van der Waals surface area (Å²) in [6, 6.07) is 2.25.